The number of piperazine rings is 1. The molecule has 3 heterocycles. The summed E-state index contributed by atoms with van der Waals surface area (Å²) in [5.41, 5.74) is 0.149. The summed E-state index contributed by atoms with van der Waals surface area (Å²) in [5.74, 6) is -1.38. The minimum atomic E-state index is -3.51. The van der Waals surface area contributed by atoms with Crippen LogP contribution >= 0.6 is 11.3 Å². The molecule has 3 rings (SSSR count). The number of carbonyl (C=O) groups is 2. The van der Waals surface area contributed by atoms with Crippen molar-refractivity contribution >= 4 is 33.2 Å². The highest BCUT2D eigenvalue weighted by Gasteiger charge is 2.31. The quantitative estimate of drug-likeness (QED) is 0.787. The number of rotatable bonds is 5. The van der Waals surface area contributed by atoms with E-state index in [4.69, 9.17) is 5.11 Å². The maximum absolute atomic E-state index is 12.5. The first-order chi connectivity index (χ1) is 11.9. The number of thiophene rings is 1. The molecule has 1 fully saturated rings. The predicted octanol–water partition coefficient (Wildman–Crippen LogP) is 0.176. The Bertz CT molecular complexity index is 867. The highest BCUT2D eigenvalue weighted by molar-refractivity contribution is 7.91. The van der Waals surface area contributed by atoms with Crippen LogP contribution in [0, 0.1) is 0 Å². The van der Waals surface area contributed by atoms with E-state index in [2.05, 4.69) is 5.10 Å². The van der Waals surface area contributed by atoms with Gasteiger partial charge in [-0.1, -0.05) is 6.07 Å². The van der Waals surface area contributed by atoms with Gasteiger partial charge in [0.05, 0.1) is 0 Å². The number of aliphatic carboxylic acids is 1. The highest BCUT2D eigenvalue weighted by atomic mass is 32.2. The molecule has 0 aromatic carbocycles. The number of amides is 1. The first kappa shape index (κ1) is 17.6. The van der Waals surface area contributed by atoms with Crippen molar-refractivity contribution in [3.8, 4) is 0 Å². The fourth-order valence-electron chi connectivity index (χ4n) is 2.53. The third kappa shape index (κ3) is 3.72. The maximum atomic E-state index is 12.5. The van der Waals surface area contributed by atoms with Crippen molar-refractivity contribution < 1.29 is 23.1 Å². The average Bonchev–Trinajstić information content (AvgIpc) is 3.25. The first-order valence-electron chi connectivity index (χ1n) is 7.46. The lowest BCUT2D eigenvalue weighted by Crippen LogP contribution is -2.50. The zero-order valence-electron chi connectivity index (χ0n) is 13.1. The van der Waals surface area contributed by atoms with Crippen molar-refractivity contribution in [2.75, 3.05) is 26.2 Å². The summed E-state index contributed by atoms with van der Waals surface area (Å²) >= 11 is 1.16. The van der Waals surface area contributed by atoms with Gasteiger partial charge in [0.1, 0.15) is 16.4 Å². The molecule has 134 valence electrons. The number of hydrogen-bond donors (Lipinski definition) is 1. The van der Waals surface area contributed by atoms with Gasteiger partial charge in [0.15, 0.2) is 0 Å². The van der Waals surface area contributed by atoms with Crippen molar-refractivity contribution in [1.82, 2.24) is 19.0 Å². The Morgan fingerprint density at radius 1 is 1.20 bits per heavy atom. The van der Waals surface area contributed by atoms with Gasteiger partial charge in [0.2, 0.25) is 0 Å². The van der Waals surface area contributed by atoms with E-state index in [0.29, 0.717) is 4.21 Å². The van der Waals surface area contributed by atoms with E-state index >= 15 is 0 Å². The van der Waals surface area contributed by atoms with Crippen LogP contribution < -0.4 is 0 Å². The summed E-state index contributed by atoms with van der Waals surface area (Å²) in [6, 6.07) is 4.71. The van der Waals surface area contributed by atoms with E-state index in [1.165, 1.54) is 26.2 Å². The van der Waals surface area contributed by atoms with Gasteiger partial charge in [0.25, 0.3) is 15.9 Å². The number of sulfonamides is 1. The molecule has 0 atom stereocenters. The van der Waals surface area contributed by atoms with Crippen LogP contribution in [0.3, 0.4) is 0 Å². The number of nitrogens with zero attached hydrogens (tertiary/aromatic N) is 4. The lowest BCUT2D eigenvalue weighted by molar-refractivity contribution is -0.137. The molecule has 11 heteroatoms. The molecule has 1 aliphatic rings. The van der Waals surface area contributed by atoms with E-state index in [0.717, 1.165) is 11.3 Å². The van der Waals surface area contributed by atoms with Crippen LogP contribution in [0.2, 0.25) is 0 Å². The topological polar surface area (TPSA) is 113 Å². The molecule has 0 unspecified atom stereocenters. The van der Waals surface area contributed by atoms with Crippen LogP contribution in [-0.2, 0) is 21.4 Å². The molecule has 25 heavy (non-hydrogen) atoms. The summed E-state index contributed by atoms with van der Waals surface area (Å²) in [7, 11) is -3.51. The van der Waals surface area contributed by atoms with E-state index in [1.54, 1.807) is 17.5 Å². The Morgan fingerprint density at radius 3 is 2.52 bits per heavy atom. The summed E-state index contributed by atoms with van der Waals surface area (Å²) in [6.45, 7) is 0.619. The summed E-state index contributed by atoms with van der Waals surface area (Å²) in [5, 5.41) is 14.4. The third-order valence-electron chi connectivity index (χ3n) is 3.77. The Balaban J connectivity index is 1.63. The molecular weight excluding hydrogens is 368 g/mol. The lowest BCUT2D eigenvalue weighted by Gasteiger charge is -2.33. The van der Waals surface area contributed by atoms with Crippen LogP contribution in [0.4, 0.5) is 0 Å². The molecule has 1 saturated heterocycles. The van der Waals surface area contributed by atoms with Gasteiger partial charge >= 0.3 is 5.97 Å². The van der Waals surface area contributed by atoms with Crippen molar-refractivity contribution in [2.45, 2.75) is 10.8 Å². The molecule has 0 saturated carbocycles. The summed E-state index contributed by atoms with van der Waals surface area (Å²) < 4.78 is 27.8. The zero-order chi connectivity index (χ0) is 18.0. The van der Waals surface area contributed by atoms with Crippen molar-refractivity contribution in [3.63, 3.8) is 0 Å². The zero-order valence-corrected chi connectivity index (χ0v) is 14.7. The van der Waals surface area contributed by atoms with E-state index in [1.807, 2.05) is 0 Å². The van der Waals surface area contributed by atoms with Crippen LogP contribution in [0.5, 0.6) is 0 Å². The minimum absolute atomic E-state index is 0.149. The summed E-state index contributed by atoms with van der Waals surface area (Å²) in [6.07, 6.45) is 1.43. The highest BCUT2D eigenvalue weighted by Crippen LogP contribution is 2.22. The van der Waals surface area contributed by atoms with E-state index < -0.39 is 16.0 Å². The Hall–Kier alpha value is -2.24. The normalized spacial score (nSPS) is 16.1. The second kappa shape index (κ2) is 6.94. The van der Waals surface area contributed by atoms with Gasteiger partial charge in [-0.2, -0.15) is 9.40 Å². The Labute approximate surface area is 148 Å². The molecule has 1 amide bonds. The average molecular weight is 384 g/mol. The second-order valence-corrected chi connectivity index (χ2v) is 8.53. The smallest absolute Gasteiger partial charge is 0.325 e. The van der Waals surface area contributed by atoms with Gasteiger partial charge in [-0.3, -0.25) is 14.3 Å². The Kier molecular flexibility index (Phi) is 4.88. The van der Waals surface area contributed by atoms with Gasteiger partial charge in [0, 0.05) is 32.4 Å². The first-order valence-corrected chi connectivity index (χ1v) is 9.78. The fourth-order valence-corrected chi connectivity index (χ4v) is 5.10. The monoisotopic (exact) mass is 384 g/mol. The van der Waals surface area contributed by atoms with Crippen LogP contribution in [0.15, 0.2) is 34.0 Å². The van der Waals surface area contributed by atoms with Gasteiger partial charge < -0.3 is 10.0 Å². The van der Waals surface area contributed by atoms with Crippen LogP contribution in [0.25, 0.3) is 0 Å². The number of carboxylic acids is 1. The minimum Gasteiger partial charge on any atom is -0.480 e. The standard InChI is InChI=1S/C14H16N4O5S2/c19-12(20)10-17-4-3-11(15-17)14(21)16-5-7-18(8-6-16)25(22,23)13-2-1-9-24-13/h1-4,9H,5-8,10H2,(H,19,20). The molecule has 2 aromatic rings. The predicted molar refractivity (Wildman–Crippen MR) is 88.8 cm³/mol. The molecule has 1 N–H and O–H groups in total. The van der Waals surface area contributed by atoms with E-state index in [-0.39, 0.29) is 44.3 Å². The van der Waals surface area contributed by atoms with Crippen LogP contribution in [-0.4, -0.2) is 70.6 Å². The molecule has 0 radical (unpaired) electrons. The van der Waals surface area contributed by atoms with Crippen molar-refractivity contribution in [2.24, 2.45) is 0 Å². The van der Waals surface area contributed by atoms with Crippen molar-refractivity contribution in [1.29, 1.82) is 0 Å². The molecule has 9 nitrogen and oxygen atoms in total. The van der Waals surface area contributed by atoms with Crippen LogP contribution in [0.1, 0.15) is 10.5 Å². The molecule has 0 bridgehead atoms. The van der Waals surface area contributed by atoms with Gasteiger partial charge in [-0.25, -0.2) is 8.42 Å². The largest absolute Gasteiger partial charge is 0.480 e. The molecular formula is C14H16N4O5S2. The molecule has 0 aliphatic carbocycles. The third-order valence-corrected chi connectivity index (χ3v) is 7.04. The lowest BCUT2D eigenvalue weighted by atomic mass is 10.3. The number of aromatic nitrogens is 2. The van der Waals surface area contributed by atoms with Gasteiger partial charge in [-0.15, -0.1) is 11.3 Å². The molecule has 2 aromatic heterocycles. The number of carboxylic acid groups (broad SMARTS) is 1. The number of carbonyl (C=O) groups excluding carboxylic acids is 1. The fraction of sp³-hybridized carbons (Fsp3) is 0.357. The van der Waals surface area contributed by atoms with E-state index in [9.17, 15) is 18.0 Å². The maximum Gasteiger partial charge on any atom is 0.325 e. The van der Waals surface area contributed by atoms with Gasteiger partial charge in [-0.05, 0) is 17.5 Å². The van der Waals surface area contributed by atoms with Crippen molar-refractivity contribution in [3.05, 3.63) is 35.5 Å². The second-order valence-electron chi connectivity index (χ2n) is 5.42. The molecule has 1 aliphatic heterocycles. The number of hydrogen-bond acceptors (Lipinski definition) is 6. The molecule has 0 spiro atoms. The SMILES string of the molecule is O=C(O)Cn1ccc(C(=O)N2CCN(S(=O)(=O)c3cccs3)CC2)n1. The summed E-state index contributed by atoms with van der Waals surface area (Å²) in [4.78, 5) is 24.6. The Morgan fingerprint density at radius 2 is 1.92 bits per heavy atom.